The van der Waals surface area contributed by atoms with E-state index in [-0.39, 0.29) is 36.5 Å². The molecular formula is C28H34F2N6O4. The number of aryl methyl sites for hydroxylation is 1. The molecule has 5 rings (SSSR count). The standard InChI is InChI=1S/C28H34F2N6O4/c1-4-12-35-26(37)23-25(34(5-2)27(35)38)32-24(36(23)18-40-22-11-6-7-13-39-22)20-15-31-33(17-20)16-19-9-8-10-21(14-19)28(3,29)30/h8-10,14-15,17,22H,4-7,11-13,16,18H2,1-3H3. The van der Waals surface area contributed by atoms with E-state index in [4.69, 9.17) is 14.5 Å². The van der Waals surface area contributed by atoms with E-state index in [2.05, 4.69) is 5.10 Å². The van der Waals surface area contributed by atoms with Crippen LogP contribution in [-0.4, -0.2) is 41.4 Å². The Balaban J connectivity index is 1.58. The number of nitrogens with zero attached hydrogens (tertiary/aromatic N) is 6. The third-order valence-electron chi connectivity index (χ3n) is 7.08. The average Bonchev–Trinajstić information content (AvgIpc) is 3.55. The van der Waals surface area contributed by atoms with Crippen molar-refractivity contribution in [3.05, 3.63) is 68.6 Å². The number of fused-ring (bicyclic) bond motifs is 1. The van der Waals surface area contributed by atoms with Gasteiger partial charge in [-0.1, -0.05) is 25.1 Å². The van der Waals surface area contributed by atoms with Crippen LogP contribution in [0, 0.1) is 0 Å². The molecule has 3 aromatic heterocycles. The molecule has 1 fully saturated rings. The number of benzene rings is 1. The average molecular weight is 557 g/mol. The van der Waals surface area contributed by atoms with Gasteiger partial charge in [-0.2, -0.15) is 5.10 Å². The van der Waals surface area contributed by atoms with Crippen LogP contribution in [0.1, 0.15) is 57.6 Å². The van der Waals surface area contributed by atoms with Crippen LogP contribution in [-0.2, 0) is 41.8 Å². The van der Waals surface area contributed by atoms with Gasteiger partial charge in [0.05, 0.1) is 18.3 Å². The lowest BCUT2D eigenvalue weighted by molar-refractivity contribution is -0.179. The molecule has 1 atom stereocenters. The fourth-order valence-corrected chi connectivity index (χ4v) is 5.04. The van der Waals surface area contributed by atoms with Crippen LogP contribution in [0.5, 0.6) is 0 Å². The maximum Gasteiger partial charge on any atom is 0.332 e. The molecule has 0 aliphatic carbocycles. The molecule has 0 radical (unpaired) electrons. The van der Waals surface area contributed by atoms with Crippen molar-refractivity contribution in [2.75, 3.05) is 6.61 Å². The van der Waals surface area contributed by atoms with E-state index in [0.717, 1.165) is 26.2 Å². The highest BCUT2D eigenvalue weighted by molar-refractivity contribution is 5.76. The van der Waals surface area contributed by atoms with Crippen molar-refractivity contribution in [3.8, 4) is 11.4 Å². The van der Waals surface area contributed by atoms with Gasteiger partial charge in [-0.3, -0.25) is 23.2 Å². The van der Waals surface area contributed by atoms with Gasteiger partial charge in [0.25, 0.3) is 11.5 Å². The van der Waals surface area contributed by atoms with Gasteiger partial charge in [0.2, 0.25) is 0 Å². The minimum atomic E-state index is -2.95. The lowest BCUT2D eigenvalue weighted by atomic mass is 10.1. The highest BCUT2D eigenvalue weighted by Crippen LogP contribution is 2.28. The molecule has 1 unspecified atom stereocenters. The molecule has 0 N–H and O–H groups in total. The minimum Gasteiger partial charge on any atom is -0.353 e. The Morgan fingerprint density at radius 2 is 1.98 bits per heavy atom. The molecule has 4 heterocycles. The van der Waals surface area contributed by atoms with Gasteiger partial charge in [-0.05, 0) is 44.2 Å². The summed E-state index contributed by atoms with van der Waals surface area (Å²) < 4.78 is 45.5. The van der Waals surface area contributed by atoms with Crippen molar-refractivity contribution >= 4 is 11.2 Å². The quantitative estimate of drug-likeness (QED) is 0.289. The van der Waals surface area contributed by atoms with Crippen molar-refractivity contribution in [3.63, 3.8) is 0 Å². The van der Waals surface area contributed by atoms with E-state index < -0.39 is 23.5 Å². The summed E-state index contributed by atoms with van der Waals surface area (Å²) >= 11 is 0. The maximum atomic E-state index is 13.8. The third-order valence-corrected chi connectivity index (χ3v) is 7.08. The number of aromatic nitrogens is 6. The predicted molar refractivity (Wildman–Crippen MR) is 145 cm³/mol. The van der Waals surface area contributed by atoms with E-state index in [1.807, 2.05) is 13.8 Å². The molecule has 4 aromatic rings. The third kappa shape index (κ3) is 5.50. The molecular weight excluding hydrogens is 522 g/mol. The Bertz CT molecular complexity index is 1610. The van der Waals surface area contributed by atoms with Gasteiger partial charge in [0, 0.05) is 38.4 Å². The molecule has 10 nitrogen and oxygen atoms in total. The Morgan fingerprint density at radius 3 is 2.67 bits per heavy atom. The molecule has 40 heavy (non-hydrogen) atoms. The zero-order valence-electron chi connectivity index (χ0n) is 23.0. The first-order valence-corrected chi connectivity index (χ1v) is 13.7. The summed E-state index contributed by atoms with van der Waals surface area (Å²) in [5, 5.41) is 4.43. The number of hydrogen-bond acceptors (Lipinski definition) is 6. The van der Waals surface area contributed by atoms with Crippen LogP contribution in [0.25, 0.3) is 22.6 Å². The number of ether oxygens (including phenoxy) is 2. The number of hydrogen-bond donors (Lipinski definition) is 0. The predicted octanol–water partition coefficient (Wildman–Crippen LogP) is 4.31. The summed E-state index contributed by atoms with van der Waals surface area (Å²) in [6.45, 7) is 6.10. The maximum absolute atomic E-state index is 13.8. The topological polar surface area (TPSA) is 98.1 Å². The summed E-state index contributed by atoms with van der Waals surface area (Å²) in [4.78, 5) is 31.5. The summed E-state index contributed by atoms with van der Waals surface area (Å²) in [7, 11) is 0. The van der Waals surface area contributed by atoms with Gasteiger partial charge in [0.1, 0.15) is 12.6 Å². The molecule has 0 amide bonds. The minimum absolute atomic E-state index is 0.00140. The lowest BCUT2D eigenvalue weighted by Gasteiger charge is -2.23. The van der Waals surface area contributed by atoms with Crippen molar-refractivity contribution in [1.29, 1.82) is 0 Å². The molecule has 214 valence electrons. The Morgan fingerprint density at radius 1 is 1.15 bits per heavy atom. The zero-order valence-corrected chi connectivity index (χ0v) is 23.0. The number of rotatable bonds is 10. The van der Waals surface area contributed by atoms with Crippen molar-refractivity contribution < 1.29 is 18.3 Å². The normalized spacial score (nSPS) is 16.2. The summed E-state index contributed by atoms with van der Waals surface area (Å²) in [5.41, 5.74) is 0.910. The fraction of sp³-hybridized carbons (Fsp3) is 0.500. The highest BCUT2D eigenvalue weighted by atomic mass is 19.3. The second-order valence-corrected chi connectivity index (χ2v) is 10.1. The summed E-state index contributed by atoms with van der Waals surface area (Å²) in [6, 6.07) is 6.22. The monoisotopic (exact) mass is 556 g/mol. The van der Waals surface area contributed by atoms with Gasteiger partial charge >= 0.3 is 5.69 Å². The van der Waals surface area contributed by atoms with Crippen LogP contribution in [0.2, 0.25) is 0 Å². The van der Waals surface area contributed by atoms with E-state index in [9.17, 15) is 18.4 Å². The molecule has 1 aliphatic rings. The van der Waals surface area contributed by atoms with E-state index >= 15 is 0 Å². The Hall–Kier alpha value is -3.64. The largest absolute Gasteiger partial charge is 0.353 e. The van der Waals surface area contributed by atoms with Crippen LogP contribution < -0.4 is 11.2 Å². The van der Waals surface area contributed by atoms with Crippen LogP contribution in [0.15, 0.2) is 46.2 Å². The van der Waals surface area contributed by atoms with E-state index in [0.29, 0.717) is 36.5 Å². The van der Waals surface area contributed by atoms with Gasteiger partial charge < -0.3 is 9.47 Å². The summed E-state index contributed by atoms with van der Waals surface area (Å²) in [6.07, 6.45) is 6.27. The van der Waals surface area contributed by atoms with Crippen molar-refractivity contribution in [2.45, 2.75) is 85.0 Å². The molecule has 12 heteroatoms. The molecule has 1 aliphatic heterocycles. The van der Waals surface area contributed by atoms with Crippen molar-refractivity contribution in [1.82, 2.24) is 28.5 Å². The second kappa shape index (κ2) is 11.5. The Kier molecular flexibility index (Phi) is 7.99. The number of alkyl halides is 2. The molecule has 0 bridgehead atoms. The van der Waals surface area contributed by atoms with Crippen molar-refractivity contribution in [2.24, 2.45) is 0 Å². The number of imidazole rings is 1. The zero-order chi connectivity index (χ0) is 28.4. The van der Waals surface area contributed by atoms with E-state index in [1.165, 1.54) is 21.3 Å². The van der Waals surface area contributed by atoms with E-state index in [1.54, 1.807) is 33.8 Å². The van der Waals surface area contributed by atoms with Gasteiger partial charge in [-0.15, -0.1) is 0 Å². The first-order chi connectivity index (χ1) is 19.2. The molecule has 0 saturated carbocycles. The fourth-order valence-electron chi connectivity index (χ4n) is 5.04. The smallest absolute Gasteiger partial charge is 0.332 e. The lowest BCUT2D eigenvalue weighted by Crippen LogP contribution is -2.40. The second-order valence-electron chi connectivity index (χ2n) is 10.1. The van der Waals surface area contributed by atoms with Gasteiger partial charge in [-0.25, -0.2) is 18.6 Å². The molecule has 0 spiro atoms. The first kappa shape index (κ1) is 27.9. The molecule has 1 aromatic carbocycles. The summed E-state index contributed by atoms with van der Waals surface area (Å²) in [5.74, 6) is -2.53. The van der Waals surface area contributed by atoms with Crippen LogP contribution in [0.3, 0.4) is 0 Å². The SMILES string of the molecule is CCCn1c(=O)c2c(nc(-c3cnn(Cc4cccc(C(C)(F)F)c4)c3)n2COC2CCCCO2)n(CC)c1=O. The Labute approximate surface area is 229 Å². The van der Waals surface area contributed by atoms with Crippen LogP contribution >= 0.6 is 0 Å². The van der Waals surface area contributed by atoms with Gasteiger partial charge in [0.15, 0.2) is 17.5 Å². The number of halogens is 2. The first-order valence-electron chi connectivity index (χ1n) is 13.7. The van der Waals surface area contributed by atoms with Crippen LogP contribution in [0.4, 0.5) is 8.78 Å². The highest BCUT2D eigenvalue weighted by Gasteiger charge is 2.25. The molecule has 1 saturated heterocycles.